The molecule has 1 aliphatic rings. The van der Waals surface area contributed by atoms with Crippen molar-refractivity contribution < 1.29 is 0 Å². The second-order valence-corrected chi connectivity index (χ2v) is 6.80. The fourth-order valence-corrected chi connectivity index (χ4v) is 3.46. The molecule has 4 heteroatoms. The van der Waals surface area contributed by atoms with Crippen molar-refractivity contribution in [3.63, 3.8) is 0 Å². The van der Waals surface area contributed by atoms with Gasteiger partial charge in [-0.15, -0.1) is 10.2 Å². The third-order valence-electron chi connectivity index (χ3n) is 3.60. The summed E-state index contributed by atoms with van der Waals surface area (Å²) >= 11 is 1.79. The number of hydrogen-bond acceptors (Lipinski definition) is 3. The van der Waals surface area contributed by atoms with Gasteiger partial charge in [0.2, 0.25) is 0 Å². The molecular weight excluding hydrogens is 266 g/mol. The molecule has 106 valence electrons. The van der Waals surface area contributed by atoms with Crippen LogP contribution in [0.4, 0.5) is 0 Å². The minimum Gasteiger partial charge on any atom is -0.303 e. The monoisotopic (exact) mass is 287 g/mol. The smallest absolute Gasteiger partial charge is 0.191 e. The zero-order valence-corrected chi connectivity index (χ0v) is 13.2. The average Bonchev–Trinajstić information content (AvgIpc) is 3.16. The highest BCUT2D eigenvalue weighted by molar-refractivity contribution is 7.98. The van der Waals surface area contributed by atoms with Gasteiger partial charge in [-0.25, -0.2) is 0 Å². The predicted octanol–water partition coefficient (Wildman–Crippen LogP) is 4.34. The Hall–Kier alpha value is -1.29. The molecule has 1 aromatic carbocycles. The van der Waals surface area contributed by atoms with Crippen LogP contribution in [0, 0.1) is 6.92 Å². The maximum Gasteiger partial charge on any atom is 0.191 e. The van der Waals surface area contributed by atoms with Crippen molar-refractivity contribution in [1.82, 2.24) is 14.8 Å². The minimum atomic E-state index is 0.431. The number of hydrogen-bond donors (Lipinski definition) is 0. The third-order valence-corrected chi connectivity index (χ3v) is 4.61. The summed E-state index contributed by atoms with van der Waals surface area (Å²) in [6, 6.07) is 9.10. The molecule has 0 unspecified atom stereocenters. The number of nitrogens with zero attached hydrogens (tertiary/aromatic N) is 3. The van der Waals surface area contributed by atoms with Crippen molar-refractivity contribution in [1.29, 1.82) is 0 Å². The molecule has 0 radical (unpaired) electrons. The Balaban J connectivity index is 1.77. The van der Waals surface area contributed by atoms with Gasteiger partial charge in [-0.1, -0.05) is 41.6 Å². The van der Waals surface area contributed by atoms with Gasteiger partial charge in [0.25, 0.3) is 0 Å². The molecule has 1 saturated carbocycles. The SMILES string of the molecule is Cc1cccc(CSc2nnc(C3CC3)n2C(C)C)c1. The standard InChI is InChI=1S/C16H21N3S/c1-11(2)19-15(14-7-8-14)17-18-16(19)20-10-13-6-4-5-12(3)9-13/h4-6,9,11,14H,7-8,10H2,1-3H3. The normalized spacial score (nSPS) is 15.0. The molecule has 1 aromatic heterocycles. The minimum absolute atomic E-state index is 0.431. The fourth-order valence-electron chi connectivity index (χ4n) is 2.44. The zero-order valence-electron chi connectivity index (χ0n) is 12.3. The highest BCUT2D eigenvalue weighted by Crippen LogP contribution is 2.41. The number of aromatic nitrogens is 3. The van der Waals surface area contributed by atoms with Gasteiger partial charge in [0.15, 0.2) is 5.16 Å². The number of thioether (sulfide) groups is 1. The van der Waals surface area contributed by atoms with Gasteiger partial charge in [-0.05, 0) is 39.2 Å². The summed E-state index contributed by atoms with van der Waals surface area (Å²) in [6.45, 7) is 6.56. The largest absolute Gasteiger partial charge is 0.303 e. The highest BCUT2D eigenvalue weighted by atomic mass is 32.2. The molecule has 20 heavy (non-hydrogen) atoms. The van der Waals surface area contributed by atoms with Crippen molar-refractivity contribution in [2.24, 2.45) is 0 Å². The molecule has 1 aliphatic carbocycles. The van der Waals surface area contributed by atoms with Crippen LogP contribution >= 0.6 is 11.8 Å². The third kappa shape index (κ3) is 2.90. The Morgan fingerprint density at radius 2 is 2.10 bits per heavy atom. The summed E-state index contributed by atoms with van der Waals surface area (Å²) in [7, 11) is 0. The van der Waals surface area contributed by atoms with Crippen LogP contribution in [-0.2, 0) is 5.75 Å². The second kappa shape index (κ2) is 5.60. The Kier molecular flexibility index (Phi) is 3.83. The molecule has 1 heterocycles. The Morgan fingerprint density at radius 1 is 1.30 bits per heavy atom. The first-order chi connectivity index (χ1) is 9.65. The molecule has 1 fully saturated rings. The van der Waals surface area contributed by atoms with Crippen LogP contribution in [0.3, 0.4) is 0 Å². The van der Waals surface area contributed by atoms with E-state index in [2.05, 4.69) is 59.8 Å². The summed E-state index contributed by atoms with van der Waals surface area (Å²) < 4.78 is 2.32. The van der Waals surface area contributed by atoms with Crippen molar-refractivity contribution in [3.05, 3.63) is 41.2 Å². The topological polar surface area (TPSA) is 30.7 Å². The Labute approximate surface area is 124 Å². The van der Waals surface area contributed by atoms with Crippen molar-refractivity contribution >= 4 is 11.8 Å². The molecule has 0 aliphatic heterocycles. The molecule has 3 nitrogen and oxygen atoms in total. The van der Waals surface area contributed by atoms with Gasteiger partial charge in [0.1, 0.15) is 5.82 Å². The van der Waals surface area contributed by atoms with Crippen LogP contribution in [-0.4, -0.2) is 14.8 Å². The van der Waals surface area contributed by atoms with Crippen LogP contribution in [0.1, 0.15) is 55.6 Å². The molecule has 3 rings (SSSR count). The van der Waals surface area contributed by atoms with Crippen LogP contribution in [0.2, 0.25) is 0 Å². The number of rotatable bonds is 5. The summed E-state index contributed by atoms with van der Waals surface area (Å²) in [6.07, 6.45) is 2.54. The first-order valence-corrected chi connectivity index (χ1v) is 8.27. The summed E-state index contributed by atoms with van der Waals surface area (Å²) in [5.74, 6) is 2.79. The lowest BCUT2D eigenvalue weighted by Gasteiger charge is -2.13. The lowest BCUT2D eigenvalue weighted by Crippen LogP contribution is -2.07. The first-order valence-electron chi connectivity index (χ1n) is 7.28. The predicted molar refractivity (Wildman–Crippen MR) is 83.1 cm³/mol. The van der Waals surface area contributed by atoms with E-state index in [4.69, 9.17) is 0 Å². The molecule has 2 aromatic rings. The molecule has 0 saturated heterocycles. The van der Waals surface area contributed by atoms with Gasteiger partial charge in [0, 0.05) is 17.7 Å². The van der Waals surface area contributed by atoms with Crippen LogP contribution < -0.4 is 0 Å². The van der Waals surface area contributed by atoms with E-state index in [0.29, 0.717) is 12.0 Å². The van der Waals surface area contributed by atoms with Crippen LogP contribution in [0.5, 0.6) is 0 Å². The zero-order chi connectivity index (χ0) is 14.1. The Morgan fingerprint density at radius 3 is 2.75 bits per heavy atom. The Bertz CT molecular complexity index is 600. The van der Waals surface area contributed by atoms with Gasteiger partial charge in [-0.3, -0.25) is 0 Å². The molecule has 0 atom stereocenters. The van der Waals surface area contributed by atoms with E-state index in [-0.39, 0.29) is 0 Å². The fraction of sp³-hybridized carbons (Fsp3) is 0.500. The van der Waals surface area contributed by atoms with E-state index < -0.39 is 0 Å². The maximum atomic E-state index is 4.42. The molecule has 0 N–H and O–H groups in total. The number of benzene rings is 1. The highest BCUT2D eigenvalue weighted by Gasteiger charge is 2.31. The summed E-state index contributed by atoms with van der Waals surface area (Å²) in [5.41, 5.74) is 2.66. The average molecular weight is 287 g/mol. The van der Waals surface area contributed by atoms with E-state index in [0.717, 1.165) is 10.9 Å². The first kappa shape index (κ1) is 13.7. The van der Waals surface area contributed by atoms with E-state index in [1.54, 1.807) is 11.8 Å². The van der Waals surface area contributed by atoms with E-state index in [1.807, 2.05) is 0 Å². The second-order valence-electron chi connectivity index (χ2n) is 5.86. The molecule has 0 bridgehead atoms. The summed E-state index contributed by atoms with van der Waals surface area (Å²) in [4.78, 5) is 0. The quantitative estimate of drug-likeness (QED) is 0.767. The van der Waals surface area contributed by atoms with Crippen LogP contribution in [0.25, 0.3) is 0 Å². The van der Waals surface area contributed by atoms with Crippen molar-refractivity contribution in [2.75, 3.05) is 0 Å². The van der Waals surface area contributed by atoms with E-state index >= 15 is 0 Å². The van der Waals surface area contributed by atoms with Gasteiger partial charge >= 0.3 is 0 Å². The van der Waals surface area contributed by atoms with E-state index in [9.17, 15) is 0 Å². The lowest BCUT2D eigenvalue weighted by molar-refractivity contribution is 0.526. The molecule has 0 spiro atoms. The van der Waals surface area contributed by atoms with Crippen molar-refractivity contribution in [2.45, 2.75) is 56.5 Å². The lowest BCUT2D eigenvalue weighted by atomic mass is 10.2. The van der Waals surface area contributed by atoms with Crippen molar-refractivity contribution in [3.8, 4) is 0 Å². The van der Waals surface area contributed by atoms with Gasteiger partial charge in [-0.2, -0.15) is 0 Å². The maximum absolute atomic E-state index is 4.42. The molecular formula is C16H21N3S. The van der Waals surface area contributed by atoms with Gasteiger partial charge < -0.3 is 4.57 Å². The van der Waals surface area contributed by atoms with Crippen LogP contribution in [0.15, 0.2) is 29.4 Å². The number of aryl methyl sites for hydroxylation is 1. The van der Waals surface area contributed by atoms with E-state index in [1.165, 1.54) is 29.8 Å². The molecule has 0 amide bonds. The summed E-state index contributed by atoms with van der Waals surface area (Å²) in [5, 5.41) is 9.89. The van der Waals surface area contributed by atoms with Gasteiger partial charge in [0.05, 0.1) is 0 Å².